The maximum Gasteiger partial charge on any atom is 0.306 e. The Labute approximate surface area is 469 Å². The lowest BCUT2D eigenvalue weighted by molar-refractivity contribution is -0.167. The molecule has 0 amide bonds. The van der Waals surface area contributed by atoms with Crippen molar-refractivity contribution >= 4 is 17.9 Å². The van der Waals surface area contributed by atoms with E-state index in [4.69, 9.17) is 14.2 Å². The first-order chi connectivity index (χ1) is 37.0. The standard InChI is InChI=1S/C69H132O6/c1-4-7-10-13-16-19-22-25-28-30-31-32-33-34-35-36-37-38-39-42-44-47-50-53-56-59-62-68(71)74-65-66(64-73-67(70)61-58-55-52-49-46-43-40-27-24-21-18-15-12-9-6-3)75-69(72)63-60-57-54-51-48-45-41-29-26-23-20-17-14-11-8-5-2/h27,40,66H,4-26,28-39,41-65H2,1-3H3/b40-27-. The number of hydrogen-bond donors (Lipinski definition) is 0. The number of rotatable bonds is 64. The van der Waals surface area contributed by atoms with Gasteiger partial charge in [0.1, 0.15) is 13.2 Å². The Balaban J connectivity index is 4.20. The molecule has 0 N–H and O–H groups in total. The first-order valence-corrected chi connectivity index (χ1v) is 34.2. The molecule has 0 saturated carbocycles. The summed E-state index contributed by atoms with van der Waals surface area (Å²) in [5.74, 6) is -0.841. The molecule has 0 fully saturated rings. The fraction of sp³-hybridized carbons (Fsp3) is 0.928. The molecule has 0 radical (unpaired) electrons. The van der Waals surface area contributed by atoms with Crippen molar-refractivity contribution in [3.8, 4) is 0 Å². The predicted molar refractivity (Wildman–Crippen MR) is 326 cm³/mol. The molecule has 0 rings (SSSR count). The summed E-state index contributed by atoms with van der Waals surface area (Å²) in [6.07, 6.45) is 76.6. The number of unbranched alkanes of at least 4 members (excludes halogenated alkanes) is 51. The van der Waals surface area contributed by atoms with Crippen LogP contribution < -0.4 is 0 Å². The van der Waals surface area contributed by atoms with Crippen LogP contribution in [0.3, 0.4) is 0 Å². The highest BCUT2D eigenvalue weighted by molar-refractivity contribution is 5.71. The van der Waals surface area contributed by atoms with Crippen LogP contribution in [-0.2, 0) is 28.6 Å². The second kappa shape index (κ2) is 64.7. The number of esters is 3. The third-order valence-corrected chi connectivity index (χ3v) is 15.8. The van der Waals surface area contributed by atoms with Gasteiger partial charge in [-0.15, -0.1) is 0 Å². The maximum atomic E-state index is 12.9. The van der Waals surface area contributed by atoms with Crippen molar-refractivity contribution in [3.63, 3.8) is 0 Å². The van der Waals surface area contributed by atoms with Crippen LogP contribution in [0.2, 0.25) is 0 Å². The molecule has 75 heavy (non-hydrogen) atoms. The summed E-state index contributed by atoms with van der Waals surface area (Å²) in [6.45, 7) is 6.71. The fourth-order valence-electron chi connectivity index (χ4n) is 10.6. The van der Waals surface area contributed by atoms with Gasteiger partial charge in [-0.3, -0.25) is 14.4 Å². The molecule has 6 nitrogen and oxygen atoms in total. The molecule has 1 atom stereocenters. The van der Waals surface area contributed by atoms with Crippen molar-refractivity contribution in [2.45, 2.75) is 399 Å². The normalized spacial score (nSPS) is 12.0. The van der Waals surface area contributed by atoms with Crippen molar-refractivity contribution in [2.24, 2.45) is 0 Å². The summed E-state index contributed by atoms with van der Waals surface area (Å²) in [5.41, 5.74) is 0. The first-order valence-electron chi connectivity index (χ1n) is 34.2. The van der Waals surface area contributed by atoms with E-state index in [9.17, 15) is 14.4 Å². The minimum atomic E-state index is -0.769. The third kappa shape index (κ3) is 62.9. The van der Waals surface area contributed by atoms with Crippen molar-refractivity contribution in [2.75, 3.05) is 13.2 Å². The number of allylic oxidation sites excluding steroid dienone is 2. The predicted octanol–water partition coefficient (Wildman–Crippen LogP) is 23.2. The minimum absolute atomic E-state index is 0.0658. The molecule has 444 valence electrons. The summed E-state index contributed by atoms with van der Waals surface area (Å²) in [4.78, 5) is 38.3. The molecule has 0 saturated heterocycles. The van der Waals surface area contributed by atoms with Gasteiger partial charge in [0, 0.05) is 19.3 Å². The van der Waals surface area contributed by atoms with Crippen molar-refractivity contribution in [1.82, 2.24) is 0 Å². The zero-order valence-corrected chi connectivity index (χ0v) is 51.1. The van der Waals surface area contributed by atoms with Gasteiger partial charge in [0.15, 0.2) is 6.10 Å². The van der Waals surface area contributed by atoms with E-state index in [0.717, 1.165) is 64.2 Å². The molecule has 1 unspecified atom stereocenters. The van der Waals surface area contributed by atoms with Crippen LogP contribution in [0.5, 0.6) is 0 Å². The topological polar surface area (TPSA) is 78.9 Å². The number of carbonyl (C=O) groups is 3. The second-order valence-corrected chi connectivity index (χ2v) is 23.5. The highest BCUT2D eigenvalue weighted by Gasteiger charge is 2.19. The minimum Gasteiger partial charge on any atom is -0.462 e. The smallest absolute Gasteiger partial charge is 0.306 e. The summed E-state index contributed by atoms with van der Waals surface area (Å²) in [6, 6.07) is 0. The molecule has 0 aromatic rings. The van der Waals surface area contributed by atoms with E-state index >= 15 is 0 Å². The van der Waals surface area contributed by atoms with Gasteiger partial charge in [0.25, 0.3) is 0 Å². The van der Waals surface area contributed by atoms with Gasteiger partial charge in [-0.05, 0) is 44.9 Å². The van der Waals surface area contributed by atoms with Crippen molar-refractivity contribution in [3.05, 3.63) is 12.2 Å². The summed E-state index contributed by atoms with van der Waals surface area (Å²) < 4.78 is 17.0. The van der Waals surface area contributed by atoms with E-state index in [0.29, 0.717) is 19.3 Å². The van der Waals surface area contributed by atoms with Gasteiger partial charge >= 0.3 is 17.9 Å². The molecule has 0 aromatic carbocycles. The molecule has 6 heteroatoms. The highest BCUT2D eigenvalue weighted by Crippen LogP contribution is 2.19. The van der Waals surface area contributed by atoms with E-state index in [1.165, 1.54) is 289 Å². The largest absolute Gasteiger partial charge is 0.462 e. The quantitative estimate of drug-likeness (QED) is 0.0261. The molecular formula is C69H132O6. The Morgan fingerprint density at radius 1 is 0.253 bits per heavy atom. The van der Waals surface area contributed by atoms with Crippen molar-refractivity contribution < 1.29 is 28.6 Å². The van der Waals surface area contributed by atoms with Gasteiger partial charge in [-0.1, -0.05) is 341 Å². The Kier molecular flexibility index (Phi) is 63.1. The van der Waals surface area contributed by atoms with Gasteiger partial charge in [-0.25, -0.2) is 0 Å². The highest BCUT2D eigenvalue weighted by atomic mass is 16.6. The van der Waals surface area contributed by atoms with Crippen LogP contribution in [0, 0.1) is 0 Å². The van der Waals surface area contributed by atoms with E-state index in [1.54, 1.807) is 0 Å². The lowest BCUT2D eigenvalue weighted by Crippen LogP contribution is -2.30. The molecule has 0 spiro atoms. The number of ether oxygens (including phenoxy) is 3. The number of hydrogen-bond acceptors (Lipinski definition) is 6. The molecule has 0 aliphatic rings. The van der Waals surface area contributed by atoms with Crippen LogP contribution in [-0.4, -0.2) is 37.2 Å². The Hall–Kier alpha value is -1.85. The lowest BCUT2D eigenvalue weighted by atomic mass is 10.0. The van der Waals surface area contributed by atoms with Gasteiger partial charge in [0.05, 0.1) is 0 Å². The van der Waals surface area contributed by atoms with Gasteiger partial charge < -0.3 is 14.2 Å². The molecule has 0 aliphatic heterocycles. The molecule has 0 aromatic heterocycles. The Morgan fingerprint density at radius 2 is 0.440 bits per heavy atom. The van der Waals surface area contributed by atoms with Crippen LogP contribution in [0.1, 0.15) is 393 Å². The zero-order valence-electron chi connectivity index (χ0n) is 51.1. The first kappa shape index (κ1) is 73.2. The van der Waals surface area contributed by atoms with Crippen molar-refractivity contribution in [1.29, 1.82) is 0 Å². The zero-order chi connectivity index (χ0) is 54.3. The Morgan fingerprint density at radius 3 is 0.667 bits per heavy atom. The molecular weight excluding hydrogens is 925 g/mol. The van der Waals surface area contributed by atoms with Crippen LogP contribution in [0.4, 0.5) is 0 Å². The molecule has 0 aliphatic carbocycles. The van der Waals surface area contributed by atoms with E-state index < -0.39 is 6.10 Å². The van der Waals surface area contributed by atoms with E-state index in [2.05, 4.69) is 32.9 Å². The molecule has 0 heterocycles. The maximum absolute atomic E-state index is 12.9. The second-order valence-electron chi connectivity index (χ2n) is 23.5. The Bertz CT molecular complexity index is 1170. The summed E-state index contributed by atoms with van der Waals surface area (Å²) in [7, 11) is 0. The van der Waals surface area contributed by atoms with E-state index in [1.807, 2.05) is 0 Å². The van der Waals surface area contributed by atoms with Crippen LogP contribution >= 0.6 is 0 Å². The summed E-state index contributed by atoms with van der Waals surface area (Å²) >= 11 is 0. The monoisotopic (exact) mass is 1060 g/mol. The average Bonchev–Trinajstić information content (AvgIpc) is 3.41. The van der Waals surface area contributed by atoms with Gasteiger partial charge in [0.2, 0.25) is 0 Å². The summed E-state index contributed by atoms with van der Waals surface area (Å²) in [5, 5.41) is 0. The van der Waals surface area contributed by atoms with Crippen LogP contribution in [0.15, 0.2) is 12.2 Å². The van der Waals surface area contributed by atoms with E-state index in [-0.39, 0.29) is 31.1 Å². The van der Waals surface area contributed by atoms with Crippen LogP contribution in [0.25, 0.3) is 0 Å². The lowest BCUT2D eigenvalue weighted by Gasteiger charge is -2.18. The third-order valence-electron chi connectivity index (χ3n) is 15.8. The average molecular weight is 1060 g/mol. The SMILES string of the molecule is CCCCCCCC/C=C\CCCCCCCC(=O)OCC(COC(=O)CCCCCCCCCCCCCCCCCCCCCCCCCCCC)OC(=O)CCCCCCCCCCCCCCCCCC. The fourth-order valence-corrected chi connectivity index (χ4v) is 10.6. The van der Waals surface area contributed by atoms with Gasteiger partial charge in [-0.2, -0.15) is 0 Å². The molecule has 0 bridgehead atoms. The number of carbonyl (C=O) groups excluding carboxylic acids is 3.